The topological polar surface area (TPSA) is 29.3 Å². The molecule has 0 amide bonds. The van der Waals surface area contributed by atoms with Crippen LogP contribution in [0.2, 0.25) is 0 Å². The second-order valence-electron chi connectivity index (χ2n) is 6.72. The quantitative estimate of drug-likeness (QED) is 0.804. The number of hydrogen-bond donors (Lipinski definition) is 1. The molecule has 1 saturated carbocycles. The van der Waals surface area contributed by atoms with E-state index in [1.807, 2.05) is 11.8 Å². The average molecular weight is 273 g/mol. The van der Waals surface area contributed by atoms with Crippen molar-refractivity contribution in [2.45, 2.75) is 64.5 Å². The molecule has 1 aliphatic rings. The van der Waals surface area contributed by atoms with Crippen LogP contribution < -0.4 is 5.73 Å². The van der Waals surface area contributed by atoms with E-state index in [4.69, 9.17) is 5.73 Å². The van der Waals surface area contributed by atoms with Gasteiger partial charge in [0.15, 0.2) is 0 Å². The molecule has 1 rings (SSSR count). The minimum Gasteiger partial charge on any atom is -0.329 e. The molecule has 2 nitrogen and oxygen atoms in total. The van der Waals surface area contributed by atoms with Crippen LogP contribution in [0.1, 0.15) is 52.9 Å². The van der Waals surface area contributed by atoms with Crippen LogP contribution in [-0.4, -0.2) is 42.1 Å². The average Bonchev–Trinajstić information content (AvgIpc) is 2.36. The summed E-state index contributed by atoms with van der Waals surface area (Å²) >= 11 is 1.95. The normalized spacial score (nSPS) is 24.2. The van der Waals surface area contributed by atoms with Crippen molar-refractivity contribution in [2.75, 3.05) is 25.6 Å². The van der Waals surface area contributed by atoms with E-state index in [0.717, 1.165) is 6.54 Å². The summed E-state index contributed by atoms with van der Waals surface area (Å²) in [6.07, 6.45) is 8.57. The standard InChI is InChI=1S/C15H32N2S/c1-6-13(11-18-5)17(4)15(12-16)9-7-14(2,3)8-10-15/h13H,6-12,16H2,1-5H3. The zero-order chi connectivity index (χ0) is 13.8. The molecule has 1 atom stereocenters. The van der Waals surface area contributed by atoms with Crippen LogP contribution in [0.5, 0.6) is 0 Å². The second kappa shape index (κ2) is 6.62. The van der Waals surface area contributed by atoms with Crippen molar-refractivity contribution in [1.29, 1.82) is 0 Å². The van der Waals surface area contributed by atoms with Crippen LogP contribution in [0.15, 0.2) is 0 Å². The zero-order valence-electron chi connectivity index (χ0n) is 13.0. The highest BCUT2D eigenvalue weighted by molar-refractivity contribution is 7.98. The highest BCUT2D eigenvalue weighted by Crippen LogP contribution is 2.43. The molecule has 0 spiro atoms. The fraction of sp³-hybridized carbons (Fsp3) is 1.00. The largest absolute Gasteiger partial charge is 0.329 e. The maximum absolute atomic E-state index is 6.17. The maximum atomic E-state index is 6.17. The molecule has 0 saturated heterocycles. The van der Waals surface area contributed by atoms with Gasteiger partial charge in [-0.05, 0) is 50.8 Å². The number of thioether (sulfide) groups is 1. The predicted molar refractivity (Wildman–Crippen MR) is 84.3 cm³/mol. The van der Waals surface area contributed by atoms with Gasteiger partial charge in [0.25, 0.3) is 0 Å². The fourth-order valence-electron chi connectivity index (χ4n) is 3.18. The van der Waals surface area contributed by atoms with Gasteiger partial charge < -0.3 is 5.73 Å². The SMILES string of the molecule is CCC(CSC)N(C)C1(CN)CCC(C)(C)CC1. The highest BCUT2D eigenvalue weighted by Gasteiger charge is 2.41. The van der Waals surface area contributed by atoms with Crippen LogP contribution in [0.3, 0.4) is 0 Å². The van der Waals surface area contributed by atoms with Gasteiger partial charge in [0.2, 0.25) is 0 Å². The van der Waals surface area contributed by atoms with Gasteiger partial charge in [-0.25, -0.2) is 0 Å². The number of hydrogen-bond acceptors (Lipinski definition) is 3. The first-order valence-electron chi connectivity index (χ1n) is 7.33. The number of nitrogens with zero attached hydrogens (tertiary/aromatic N) is 1. The van der Waals surface area contributed by atoms with Gasteiger partial charge in [-0.2, -0.15) is 11.8 Å². The first-order chi connectivity index (χ1) is 8.40. The second-order valence-corrected chi connectivity index (χ2v) is 7.63. The Bertz CT molecular complexity index is 243. The first-order valence-corrected chi connectivity index (χ1v) is 8.72. The minimum atomic E-state index is 0.256. The lowest BCUT2D eigenvalue weighted by Crippen LogP contribution is -2.58. The van der Waals surface area contributed by atoms with Crippen molar-refractivity contribution in [3.8, 4) is 0 Å². The molecule has 0 aromatic heterocycles. The Morgan fingerprint density at radius 2 is 1.78 bits per heavy atom. The Morgan fingerprint density at radius 3 is 2.17 bits per heavy atom. The van der Waals surface area contributed by atoms with Crippen molar-refractivity contribution < 1.29 is 0 Å². The highest BCUT2D eigenvalue weighted by atomic mass is 32.2. The fourth-order valence-corrected chi connectivity index (χ4v) is 4.02. The minimum absolute atomic E-state index is 0.256. The van der Waals surface area contributed by atoms with Crippen LogP contribution in [0, 0.1) is 5.41 Å². The van der Waals surface area contributed by atoms with Crippen molar-refractivity contribution >= 4 is 11.8 Å². The Kier molecular flexibility index (Phi) is 6.01. The van der Waals surface area contributed by atoms with Crippen LogP contribution in [-0.2, 0) is 0 Å². The summed E-state index contributed by atoms with van der Waals surface area (Å²) in [5.74, 6) is 1.22. The van der Waals surface area contributed by atoms with Crippen molar-refractivity contribution in [3.63, 3.8) is 0 Å². The summed E-state index contributed by atoms with van der Waals surface area (Å²) in [4.78, 5) is 2.61. The molecule has 2 N–H and O–H groups in total. The van der Waals surface area contributed by atoms with Gasteiger partial charge in [0, 0.05) is 23.9 Å². The molecular formula is C15H32N2S. The zero-order valence-corrected chi connectivity index (χ0v) is 13.8. The third kappa shape index (κ3) is 3.64. The molecule has 1 fully saturated rings. The lowest BCUT2D eigenvalue weighted by Gasteiger charge is -2.51. The Labute approximate surface area is 118 Å². The summed E-state index contributed by atoms with van der Waals surface area (Å²) in [7, 11) is 2.30. The van der Waals surface area contributed by atoms with Crippen LogP contribution in [0.4, 0.5) is 0 Å². The molecule has 1 unspecified atom stereocenters. The van der Waals surface area contributed by atoms with E-state index in [-0.39, 0.29) is 5.54 Å². The van der Waals surface area contributed by atoms with E-state index >= 15 is 0 Å². The van der Waals surface area contributed by atoms with E-state index in [2.05, 4.69) is 39.0 Å². The van der Waals surface area contributed by atoms with Crippen LogP contribution in [0.25, 0.3) is 0 Å². The van der Waals surface area contributed by atoms with Crippen LogP contribution >= 0.6 is 11.8 Å². The summed E-state index contributed by atoms with van der Waals surface area (Å²) in [5, 5.41) is 0. The molecule has 0 radical (unpaired) electrons. The molecule has 0 bridgehead atoms. The Balaban J connectivity index is 2.75. The lowest BCUT2D eigenvalue weighted by atomic mass is 9.68. The van der Waals surface area contributed by atoms with Gasteiger partial charge in [0.1, 0.15) is 0 Å². The Hall–Kier alpha value is 0.270. The molecule has 0 aliphatic heterocycles. The monoisotopic (exact) mass is 272 g/mol. The summed E-state index contributed by atoms with van der Waals surface area (Å²) < 4.78 is 0. The van der Waals surface area contributed by atoms with E-state index in [0.29, 0.717) is 11.5 Å². The number of likely N-dealkylation sites (N-methyl/N-ethyl adjacent to an activating group) is 1. The van der Waals surface area contributed by atoms with Crippen molar-refractivity contribution in [3.05, 3.63) is 0 Å². The van der Waals surface area contributed by atoms with Crippen molar-refractivity contribution in [1.82, 2.24) is 4.90 Å². The molecule has 0 aromatic rings. The van der Waals surface area contributed by atoms with Gasteiger partial charge >= 0.3 is 0 Å². The molecular weight excluding hydrogens is 240 g/mol. The third-order valence-electron chi connectivity index (χ3n) is 5.04. The summed E-state index contributed by atoms with van der Waals surface area (Å²) in [5.41, 5.74) is 6.94. The summed E-state index contributed by atoms with van der Waals surface area (Å²) in [6.45, 7) is 7.90. The predicted octanol–water partition coefficient (Wildman–Crippen LogP) is 3.36. The van der Waals surface area contributed by atoms with E-state index in [1.54, 1.807) is 0 Å². The van der Waals surface area contributed by atoms with Gasteiger partial charge in [0.05, 0.1) is 0 Å². The summed E-state index contributed by atoms with van der Waals surface area (Å²) in [6, 6.07) is 0.671. The number of rotatable bonds is 6. The van der Waals surface area contributed by atoms with E-state index in [1.165, 1.54) is 37.9 Å². The van der Waals surface area contributed by atoms with Gasteiger partial charge in [-0.1, -0.05) is 20.8 Å². The lowest BCUT2D eigenvalue weighted by molar-refractivity contribution is 0.0177. The molecule has 108 valence electrons. The van der Waals surface area contributed by atoms with Crippen molar-refractivity contribution in [2.24, 2.45) is 11.1 Å². The molecule has 0 aromatic carbocycles. The molecule has 3 heteroatoms. The molecule has 1 aliphatic carbocycles. The first kappa shape index (κ1) is 16.3. The Morgan fingerprint density at radius 1 is 1.22 bits per heavy atom. The van der Waals surface area contributed by atoms with Gasteiger partial charge in [-0.3, -0.25) is 4.90 Å². The molecule has 0 heterocycles. The smallest absolute Gasteiger partial charge is 0.0332 e. The van der Waals surface area contributed by atoms with E-state index in [9.17, 15) is 0 Å². The maximum Gasteiger partial charge on any atom is 0.0332 e. The third-order valence-corrected chi connectivity index (χ3v) is 5.76. The molecule has 18 heavy (non-hydrogen) atoms. The van der Waals surface area contributed by atoms with E-state index < -0.39 is 0 Å². The number of nitrogens with two attached hydrogens (primary N) is 1. The van der Waals surface area contributed by atoms with Gasteiger partial charge in [-0.15, -0.1) is 0 Å².